The molecule has 3 rings (SSSR count). The number of ether oxygens (including phenoxy) is 1. The summed E-state index contributed by atoms with van der Waals surface area (Å²) in [6.45, 7) is -0.154. The number of benzene rings is 1. The van der Waals surface area contributed by atoms with Crippen molar-refractivity contribution in [1.82, 2.24) is 10.2 Å². The van der Waals surface area contributed by atoms with Crippen LogP contribution in [-0.2, 0) is 25.7 Å². The van der Waals surface area contributed by atoms with E-state index >= 15 is 0 Å². The van der Waals surface area contributed by atoms with E-state index in [2.05, 4.69) is 5.32 Å². The largest absolute Gasteiger partial charge is 0.463 e. The van der Waals surface area contributed by atoms with Gasteiger partial charge >= 0.3 is 5.97 Å². The second-order valence-corrected chi connectivity index (χ2v) is 8.01. The van der Waals surface area contributed by atoms with Crippen LogP contribution < -0.4 is 5.32 Å². The average molecular weight is 433 g/mol. The summed E-state index contributed by atoms with van der Waals surface area (Å²) in [5.74, 6) is -2.85. The number of rotatable bonds is 10. The zero-order valence-corrected chi connectivity index (χ0v) is 17.1. The Morgan fingerprint density at radius 2 is 2.06 bits per heavy atom. The van der Waals surface area contributed by atoms with Crippen molar-refractivity contribution in [3.8, 4) is 6.07 Å². The molecular weight excluding hydrogens is 408 g/mol. The van der Waals surface area contributed by atoms with Gasteiger partial charge in [-0.2, -0.15) is 5.26 Å². The highest BCUT2D eigenvalue weighted by Crippen LogP contribution is 2.34. The Bertz CT molecular complexity index is 882. The van der Waals surface area contributed by atoms with Crippen LogP contribution in [-0.4, -0.2) is 41.4 Å². The van der Waals surface area contributed by atoms with Gasteiger partial charge in [-0.3, -0.25) is 9.59 Å². The molecule has 2 atom stereocenters. The van der Waals surface area contributed by atoms with Crippen molar-refractivity contribution in [2.24, 2.45) is 5.92 Å². The van der Waals surface area contributed by atoms with E-state index in [1.165, 1.54) is 17.0 Å². The van der Waals surface area contributed by atoms with Gasteiger partial charge in [0, 0.05) is 31.0 Å². The molecule has 9 heteroatoms. The number of likely N-dealkylation sites (tertiary alicyclic amines) is 1. The van der Waals surface area contributed by atoms with Crippen LogP contribution >= 0.6 is 0 Å². The molecule has 1 heterocycles. The Hall–Kier alpha value is -3.02. The van der Waals surface area contributed by atoms with Gasteiger partial charge in [0.25, 0.3) is 0 Å². The maximum atomic E-state index is 14.0. The fraction of sp³-hybridized carbons (Fsp3) is 0.545. The maximum Gasteiger partial charge on any atom is 0.328 e. The predicted molar refractivity (Wildman–Crippen MR) is 105 cm³/mol. The van der Waals surface area contributed by atoms with Crippen LogP contribution in [0, 0.1) is 28.9 Å². The summed E-state index contributed by atoms with van der Waals surface area (Å²) in [5, 5.41) is 11.3. The number of carbonyl (C=O) groups excluding carboxylic acids is 3. The smallest absolute Gasteiger partial charge is 0.328 e. The van der Waals surface area contributed by atoms with Crippen LogP contribution in [0.5, 0.6) is 0 Å². The molecule has 1 saturated heterocycles. The maximum absolute atomic E-state index is 14.0. The standard InChI is InChI=1S/C22H25F2N3O4/c23-17-4-1-3-15(21(17)24)13-27-16(7-8-20(27)29)12-19(28)26-18(11-14-5-6-14)22(30)31-10-2-9-25/h1,3-4,14,16,18H,2,5-8,10-13H2,(H,26,28)/t16-,18-/m0/s1. The summed E-state index contributed by atoms with van der Waals surface area (Å²) in [4.78, 5) is 38.6. The number of nitrogens with zero attached hydrogens (tertiary/aromatic N) is 2. The van der Waals surface area contributed by atoms with Crippen molar-refractivity contribution < 1.29 is 27.9 Å². The number of esters is 1. The van der Waals surface area contributed by atoms with Crippen LogP contribution in [0.15, 0.2) is 18.2 Å². The van der Waals surface area contributed by atoms with Crippen molar-refractivity contribution >= 4 is 17.8 Å². The minimum absolute atomic E-state index is 0.0313. The molecule has 0 unspecified atom stereocenters. The van der Waals surface area contributed by atoms with Gasteiger partial charge in [0.05, 0.1) is 12.5 Å². The summed E-state index contributed by atoms with van der Waals surface area (Å²) < 4.78 is 32.6. The molecule has 0 spiro atoms. The van der Waals surface area contributed by atoms with Gasteiger partial charge in [-0.05, 0) is 24.8 Å². The third-order valence-corrected chi connectivity index (χ3v) is 5.59. The Morgan fingerprint density at radius 1 is 1.29 bits per heavy atom. The molecule has 1 aliphatic carbocycles. The van der Waals surface area contributed by atoms with E-state index < -0.39 is 35.6 Å². The Balaban J connectivity index is 1.60. The molecule has 2 amide bonds. The number of carbonyl (C=O) groups is 3. The van der Waals surface area contributed by atoms with E-state index in [9.17, 15) is 23.2 Å². The lowest BCUT2D eigenvalue weighted by Crippen LogP contribution is -2.45. The third kappa shape index (κ3) is 6.23. The first-order valence-electron chi connectivity index (χ1n) is 10.4. The molecule has 0 radical (unpaired) electrons. The van der Waals surface area contributed by atoms with Crippen molar-refractivity contribution in [3.63, 3.8) is 0 Å². The fourth-order valence-corrected chi connectivity index (χ4v) is 3.74. The minimum Gasteiger partial charge on any atom is -0.463 e. The Labute approximate surface area is 179 Å². The normalized spacial score (nSPS) is 19.1. The van der Waals surface area contributed by atoms with Crippen molar-refractivity contribution in [3.05, 3.63) is 35.4 Å². The number of nitriles is 1. The molecule has 2 fully saturated rings. The second-order valence-electron chi connectivity index (χ2n) is 8.01. The molecule has 0 bridgehead atoms. The van der Waals surface area contributed by atoms with E-state index in [1.807, 2.05) is 6.07 Å². The lowest BCUT2D eigenvalue weighted by Gasteiger charge is -2.26. The highest BCUT2D eigenvalue weighted by Gasteiger charge is 2.35. The van der Waals surface area contributed by atoms with Gasteiger partial charge in [-0.25, -0.2) is 13.6 Å². The van der Waals surface area contributed by atoms with Gasteiger partial charge in [0.15, 0.2) is 11.6 Å². The summed E-state index contributed by atoms with van der Waals surface area (Å²) in [7, 11) is 0. The SMILES string of the molecule is N#CCCOC(=O)[C@H](CC1CC1)NC(=O)C[C@@H]1CCC(=O)N1Cc1cccc(F)c1F. The quantitative estimate of drug-likeness (QED) is 0.452. The summed E-state index contributed by atoms with van der Waals surface area (Å²) in [6.07, 6.45) is 3.11. The third-order valence-electron chi connectivity index (χ3n) is 5.59. The van der Waals surface area contributed by atoms with Gasteiger partial charge < -0.3 is 15.0 Å². The summed E-state index contributed by atoms with van der Waals surface area (Å²) >= 11 is 0. The second kappa shape index (κ2) is 10.3. The van der Waals surface area contributed by atoms with Crippen LogP contribution in [0.3, 0.4) is 0 Å². The molecule has 1 aromatic rings. The minimum atomic E-state index is -1.00. The predicted octanol–water partition coefficient (Wildman–Crippen LogP) is 2.59. The van der Waals surface area contributed by atoms with Crippen LogP contribution in [0.25, 0.3) is 0 Å². The molecule has 1 aliphatic heterocycles. The molecule has 2 aliphatic rings. The Kier molecular flexibility index (Phi) is 7.55. The average Bonchev–Trinajstić information content (AvgIpc) is 3.49. The van der Waals surface area contributed by atoms with Gasteiger partial charge in [-0.15, -0.1) is 0 Å². The zero-order chi connectivity index (χ0) is 22.4. The first kappa shape index (κ1) is 22.7. The van der Waals surface area contributed by atoms with Gasteiger partial charge in [0.2, 0.25) is 11.8 Å². The zero-order valence-electron chi connectivity index (χ0n) is 17.1. The topological polar surface area (TPSA) is 99.5 Å². The van der Waals surface area contributed by atoms with Crippen molar-refractivity contribution in [1.29, 1.82) is 5.26 Å². The van der Waals surface area contributed by atoms with Crippen LogP contribution in [0.2, 0.25) is 0 Å². The molecule has 1 N–H and O–H groups in total. The first-order chi connectivity index (χ1) is 14.9. The molecule has 166 valence electrons. The van der Waals surface area contributed by atoms with Gasteiger partial charge in [-0.1, -0.05) is 25.0 Å². The number of amides is 2. The fourth-order valence-electron chi connectivity index (χ4n) is 3.74. The van der Waals surface area contributed by atoms with E-state index in [0.717, 1.165) is 18.9 Å². The van der Waals surface area contributed by atoms with Crippen LogP contribution in [0.4, 0.5) is 8.78 Å². The number of hydrogen-bond acceptors (Lipinski definition) is 5. The molecule has 0 aromatic heterocycles. The van der Waals surface area contributed by atoms with E-state index in [4.69, 9.17) is 10.00 Å². The van der Waals surface area contributed by atoms with E-state index in [1.54, 1.807) is 0 Å². The molecule has 1 aromatic carbocycles. The number of halogens is 2. The molecule has 1 saturated carbocycles. The lowest BCUT2D eigenvalue weighted by molar-refractivity contribution is -0.148. The van der Waals surface area contributed by atoms with Gasteiger partial charge in [0.1, 0.15) is 12.6 Å². The molecular formula is C22H25F2N3O4. The van der Waals surface area contributed by atoms with Crippen molar-refractivity contribution in [2.45, 2.75) is 63.6 Å². The highest BCUT2D eigenvalue weighted by atomic mass is 19.2. The number of nitrogens with one attached hydrogen (secondary N) is 1. The monoisotopic (exact) mass is 433 g/mol. The lowest BCUT2D eigenvalue weighted by atomic mass is 10.1. The van der Waals surface area contributed by atoms with E-state index in [0.29, 0.717) is 18.8 Å². The summed E-state index contributed by atoms with van der Waals surface area (Å²) in [5.41, 5.74) is 0.0494. The number of hydrogen-bond donors (Lipinski definition) is 1. The summed E-state index contributed by atoms with van der Waals surface area (Å²) in [6, 6.07) is 4.40. The van der Waals surface area contributed by atoms with E-state index in [-0.39, 0.29) is 43.9 Å². The van der Waals surface area contributed by atoms with Crippen molar-refractivity contribution in [2.75, 3.05) is 6.61 Å². The molecule has 31 heavy (non-hydrogen) atoms. The highest BCUT2D eigenvalue weighted by molar-refractivity contribution is 5.86. The molecule has 7 nitrogen and oxygen atoms in total. The van der Waals surface area contributed by atoms with Crippen LogP contribution in [0.1, 0.15) is 50.5 Å². The first-order valence-corrected chi connectivity index (χ1v) is 10.4. The Morgan fingerprint density at radius 3 is 2.77 bits per heavy atom.